The molecule has 0 atom stereocenters. The average Bonchev–Trinajstić information content (AvgIpc) is 3.32. The van der Waals surface area contributed by atoms with Gasteiger partial charge in [0.1, 0.15) is 0 Å². The molecule has 4 nitrogen and oxygen atoms in total. The first-order chi connectivity index (χ1) is 11.8. The van der Waals surface area contributed by atoms with Crippen LogP contribution in [0.3, 0.4) is 0 Å². The number of rotatable bonds is 0. The Morgan fingerprint density at radius 1 is 0.462 bits per heavy atom. The van der Waals surface area contributed by atoms with Crippen LogP contribution in [0.5, 0.6) is 0 Å². The summed E-state index contributed by atoms with van der Waals surface area (Å²) in [6.07, 6.45) is 4.98. The maximum atomic E-state index is 5.84. The molecule has 0 aliphatic carbocycles. The van der Waals surface area contributed by atoms with Crippen molar-refractivity contribution in [2.75, 3.05) is 0 Å². The van der Waals surface area contributed by atoms with Crippen LogP contribution in [0.1, 0.15) is 46.1 Å². The van der Waals surface area contributed by atoms with Crippen molar-refractivity contribution < 1.29 is 83.1 Å². The zero-order valence-electron chi connectivity index (χ0n) is 14.0. The third kappa shape index (κ3) is 4.31. The molecule has 6 heteroatoms. The first-order valence-electron chi connectivity index (χ1n) is 7.84. The van der Waals surface area contributed by atoms with E-state index in [0.717, 1.165) is 46.1 Å². The van der Waals surface area contributed by atoms with Gasteiger partial charge >= 0.3 is 0 Å². The van der Waals surface area contributed by atoms with E-state index in [-0.39, 0.29) is 65.4 Å². The van der Waals surface area contributed by atoms with Crippen molar-refractivity contribution in [2.45, 2.75) is 12.8 Å². The Kier molecular flexibility index (Phi) is 6.40. The average molecular weight is 496 g/mol. The van der Waals surface area contributed by atoms with Gasteiger partial charge in [0.2, 0.25) is 0 Å². The van der Waals surface area contributed by atoms with Crippen LogP contribution in [0.25, 0.3) is 0 Å². The van der Waals surface area contributed by atoms with Crippen molar-refractivity contribution in [3.63, 3.8) is 0 Å². The molecule has 0 aromatic carbocycles. The van der Waals surface area contributed by atoms with Gasteiger partial charge in [-0.3, -0.25) is 0 Å². The Morgan fingerprint density at radius 3 is 1.00 bits per heavy atom. The van der Waals surface area contributed by atoms with Gasteiger partial charge in [-0.2, -0.15) is 0 Å². The molecule has 8 bridgehead atoms. The Labute approximate surface area is 201 Å². The minimum atomic E-state index is 0. The quantitative estimate of drug-likeness (QED) is 0.291. The minimum absolute atomic E-state index is 0. The van der Waals surface area contributed by atoms with Crippen molar-refractivity contribution in [2.24, 2.45) is 0 Å². The van der Waals surface area contributed by atoms with Gasteiger partial charge in [0.15, 0.2) is 0 Å². The first-order valence-corrected chi connectivity index (χ1v) is 7.84. The molecule has 4 aromatic rings. The van der Waals surface area contributed by atoms with Gasteiger partial charge < -0.3 is 17.7 Å². The SMILES string of the molecule is [Y].[Y].c1cc2oc1[CH-]c1ccc(o1)Cc1ccc(o1)[CH-]c1ccc(o1)C2. The second-order valence-electron chi connectivity index (χ2n) is 5.86. The normalized spacial score (nSPS) is 12.3. The fourth-order valence-corrected chi connectivity index (χ4v) is 2.89. The molecule has 0 saturated carbocycles. The van der Waals surface area contributed by atoms with Crippen LogP contribution in [-0.4, -0.2) is 0 Å². The van der Waals surface area contributed by atoms with Crippen molar-refractivity contribution in [1.82, 2.24) is 0 Å². The standard InChI is InChI=1S/C20H14O4.2Y/c1-2-14-10-16-5-6-18(23-16)12-20-8-7-19(24-20)11-17-4-3-15(22-17)9-13(1)21-14;;/h1-9,12H,10-11H2;;/q-2;;. The summed E-state index contributed by atoms with van der Waals surface area (Å²) in [7, 11) is 0. The van der Waals surface area contributed by atoms with Crippen LogP contribution in [0.2, 0.25) is 0 Å². The number of hydrogen-bond donors (Lipinski definition) is 0. The Hall–Kier alpha value is -0.932. The van der Waals surface area contributed by atoms with E-state index in [9.17, 15) is 0 Å². The topological polar surface area (TPSA) is 52.6 Å². The summed E-state index contributed by atoms with van der Waals surface area (Å²) in [5.74, 6) is 6.44. The predicted octanol–water partition coefficient (Wildman–Crippen LogP) is 4.75. The van der Waals surface area contributed by atoms with E-state index in [1.807, 2.05) is 61.4 Å². The van der Waals surface area contributed by atoms with Gasteiger partial charge in [-0.1, -0.05) is 37.1 Å². The maximum Gasteiger partial charge on any atom is 0.0965 e. The molecule has 26 heavy (non-hydrogen) atoms. The maximum absolute atomic E-state index is 5.84. The second kappa shape index (κ2) is 8.39. The van der Waals surface area contributed by atoms with E-state index in [1.54, 1.807) is 0 Å². The molecule has 4 aromatic heterocycles. The summed E-state index contributed by atoms with van der Waals surface area (Å²) in [5.41, 5.74) is 0. The zero-order valence-corrected chi connectivity index (χ0v) is 19.7. The monoisotopic (exact) mass is 496 g/mol. The van der Waals surface area contributed by atoms with Crippen molar-refractivity contribution in [1.29, 1.82) is 0 Å². The van der Waals surface area contributed by atoms with Gasteiger partial charge in [-0.15, -0.1) is 24.3 Å². The minimum Gasteiger partial charge on any atom is -0.488 e. The molecule has 2 radical (unpaired) electrons. The van der Waals surface area contributed by atoms with E-state index in [1.165, 1.54) is 0 Å². The summed E-state index contributed by atoms with van der Waals surface area (Å²) >= 11 is 0. The van der Waals surface area contributed by atoms with Crippen LogP contribution in [0.15, 0.2) is 66.2 Å². The molecule has 0 amide bonds. The second-order valence-corrected chi connectivity index (χ2v) is 5.86. The van der Waals surface area contributed by atoms with Crippen molar-refractivity contribution in [3.05, 3.63) is 107 Å². The summed E-state index contributed by atoms with van der Waals surface area (Å²) < 4.78 is 23.4. The van der Waals surface area contributed by atoms with E-state index < -0.39 is 0 Å². The molecule has 1 aliphatic heterocycles. The summed E-state index contributed by atoms with van der Waals surface area (Å²) in [6, 6.07) is 15.6. The Morgan fingerprint density at radius 2 is 0.731 bits per heavy atom. The van der Waals surface area contributed by atoms with Gasteiger partial charge in [-0.05, 0) is 0 Å². The van der Waals surface area contributed by atoms with Gasteiger partial charge in [0.05, 0.1) is 35.9 Å². The smallest absolute Gasteiger partial charge is 0.0965 e. The first kappa shape index (κ1) is 19.8. The molecule has 5 rings (SSSR count). The zero-order chi connectivity index (χ0) is 15.9. The molecule has 126 valence electrons. The third-order valence-corrected chi connectivity index (χ3v) is 4.00. The Balaban J connectivity index is 0.000000980. The third-order valence-electron chi connectivity index (χ3n) is 4.00. The fourth-order valence-electron chi connectivity index (χ4n) is 2.89. The van der Waals surface area contributed by atoms with Gasteiger partial charge in [-0.25, -0.2) is 0 Å². The van der Waals surface area contributed by atoms with Gasteiger partial charge in [0, 0.05) is 88.5 Å². The van der Waals surface area contributed by atoms with Gasteiger partial charge in [0.25, 0.3) is 0 Å². The largest absolute Gasteiger partial charge is 0.488 e. The van der Waals surface area contributed by atoms with Crippen LogP contribution in [0, 0.1) is 12.8 Å². The summed E-state index contributed by atoms with van der Waals surface area (Å²) in [4.78, 5) is 0. The van der Waals surface area contributed by atoms with E-state index >= 15 is 0 Å². The van der Waals surface area contributed by atoms with Crippen LogP contribution in [-0.2, 0) is 78.3 Å². The van der Waals surface area contributed by atoms with Crippen molar-refractivity contribution in [3.8, 4) is 0 Å². The molecule has 0 spiro atoms. The molecular formula is C20H14O4Y2-2. The van der Waals surface area contributed by atoms with Crippen LogP contribution < -0.4 is 0 Å². The molecule has 0 N–H and O–H groups in total. The molecule has 0 saturated heterocycles. The Bertz CT molecular complexity index is 762. The molecule has 5 heterocycles. The molecular weight excluding hydrogens is 482 g/mol. The molecule has 1 aliphatic rings. The summed E-state index contributed by atoms with van der Waals surface area (Å²) in [6.45, 7) is 0. The van der Waals surface area contributed by atoms with Crippen LogP contribution >= 0.6 is 0 Å². The van der Waals surface area contributed by atoms with Crippen molar-refractivity contribution >= 4 is 0 Å². The number of furan rings is 4. The fraction of sp³-hybridized carbons (Fsp3) is 0.100. The van der Waals surface area contributed by atoms with E-state index in [2.05, 4.69) is 0 Å². The molecule has 0 fully saturated rings. The van der Waals surface area contributed by atoms with E-state index in [4.69, 9.17) is 17.7 Å². The number of hydrogen-bond acceptors (Lipinski definition) is 4. The van der Waals surface area contributed by atoms with Crippen LogP contribution in [0.4, 0.5) is 0 Å². The summed E-state index contributed by atoms with van der Waals surface area (Å²) in [5, 5.41) is 0. The molecule has 0 unspecified atom stereocenters. The number of fused-ring (bicyclic) bond motifs is 8. The predicted molar refractivity (Wildman–Crippen MR) is 85.5 cm³/mol. The van der Waals surface area contributed by atoms with E-state index in [0.29, 0.717) is 12.8 Å².